The van der Waals surface area contributed by atoms with Crippen LogP contribution in [0.2, 0.25) is 0 Å². The van der Waals surface area contributed by atoms with E-state index in [0.29, 0.717) is 18.9 Å². The summed E-state index contributed by atoms with van der Waals surface area (Å²) in [6, 6.07) is 0. The Labute approximate surface area is 186 Å². The molecule has 0 radical (unpaired) electrons. The third-order valence-electron chi connectivity index (χ3n) is 5.51. The van der Waals surface area contributed by atoms with Crippen LogP contribution in [-0.2, 0) is 14.3 Å². The molecule has 2 amide bonds. The van der Waals surface area contributed by atoms with E-state index in [9.17, 15) is 9.59 Å². The van der Waals surface area contributed by atoms with E-state index in [-0.39, 0.29) is 29.4 Å². The number of carbonyl (C=O) groups is 2. The van der Waals surface area contributed by atoms with Gasteiger partial charge >= 0.3 is 0 Å². The Balaban J connectivity index is 0.00000407. The number of piperidine rings is 1. The molecule has 178 valence electrons. The van der Waals surface area contributed by atoms with Gasteiger partial charge in [-0.25, -0.2) is 0 Å². The van der Waals surface area contributed by atoms with Gasteiger partial charge in [0.05, 0.1) is 6.10 Å². The normalized spacial score (nSPS) is 16.6. The lowest BCUT2D eigenvalue weighted by atomic mass is 9.93. The number of amides is 2. The second-order valence-corrected chi connectivity index (χ2v) is 9.59. The van der Waals surface area contributed by atoms with Crippen molar-refractivity contribution in [1.29, 1.82) is 0 Å². The fourth-order valence-electron chi connectivity index (χ4n) is 3.53. The molecule has 1 fully saturated rings. The summed E-state index contributed by atoms with van der Waals surface area (Å²) < 4.78 is 5.90. The van der Waals surface area contributed by atoms with Crippen molar-refractivity contribution in [3.63, 3.8) is 0 Å². The fourth-order valence-corrected chi connectivity index (χ4v) is 3.53. The summed E-state index contributed by atoms with van der Waals surface area (Å²) >= 11 is 0. The van der Waals surface area contributed by atoms with Crippen molar-refractivity contribution in [3.05, 3.63) is 0 Å². The predicted octanol–water partition coefficient (Wildman–Crippen LogP) is 3.94. The van der Waals surface area contributed by atoms with E-state index in [2.05, 4.69) is 45.0 Å². The van der Waals surface area contributed by atoms with Gasteiger partial charge < -0.3 is 19.9 Å². The van der Waals surface area contributed by atoms with Crippen LogP contribution in [0.15, 0.2) is 0 Å². The summed E-state index contributed by atoms with van der Waals surface area (Å²) in [6.45, 7) is 17.7. The average molecular weight is 428 g/mol. The Morgan fingerprint density at radius 1 is 1.17 bits per heavy atom. The molecule has 1 heterocycles. The maximum atomic E-state index is 12.5. The summed E-state index contributed by atoms with van der Waals surface area (Å²) in [5.74, 6) is 0.957. The number of nitrogens with one attached hydrogen (secondary N) is 1. The number of carbonyl (C=O) groups excluding carboxylic acids is 2. The SMILES string of the molecule is CC.CC(C)CN(C)C(=O)CCC(C)OCCC(C)(C)NC(=O)C1CCN(C)CC1. The van der Waals surface area contributed by atoms with Gasteiger partial charge in [-0.05, 0) is 72.5 Å². The van der Waals surface area contributed by atoms with Gasteiger partial charge in [0.1, 0.15) is 0 Å². The third kappa shape index (κ3) is 12.5. The molecular weight excluding hydrogens is 378 g/mol. The molecule has 1 saturated heterocycles. The van der Waals surface area contributed by atoms with Crippen LogP contribution in [0.4, 0.5) is 0 Å². The highest BCUT2D eigenvalue weighted by Crippen LogP contribution is 2.19. The van der Waals surface area contributed by atoms with Gasteiger partial charge in [-0.3, -0.25) is 9.59 Å². The monoisotopic (exact) mass is 427 g/mol. The Kier molecular flexibility index (Phi) is 14.2. The molecule has 0 saturated carbocycles. The average Bonchev–Trinajstić information content (AvgIpc) is 2.67. The molecular formula is C24H49N3O3. The highest BCUT2D eigenvalue weighted by Gasteiger charge is 2.28. The summed E-state index contributed by atoms with van der Waals surface area (Å²) in [4.78, 5) is 28.7. The van der Waals surface area contributed by atoms with E-state index < -0.39 is 0 Å². The minimum absolute atomic E-state index is 0.0387. The Hall–Kier alpha value is -1.14. The molecule has 1 unspecified atom stereocenters. The third-order valence-corrected chi connectivity index (χ3v) is 5.51. The van der Waals surface area contributed by atoms with Gasteiger partial charge in [0.15, 0.2) is 0 Å². The zero-order valence-electron chi connectivity index (χ0n) is 21.2. The summed E-state index contributed by atoms with van der Waals surface area (Å²) in [7, 11) is 3.97. The van der Waals surface area contributed by atoms with Crippen LogP contribution in [0.5, 0.6) is 0 Å². The van der Waals surface area contributed by atoms with Crippen LogP contribution >= 0.6 is 0 Å². The molecule has 0 spiro atoms. The lowest BCUT2D eigenvalue weighted by molar-refractivity contribution is -0.131. The van der Waals surface area contributed by atoms with E-state index in [1.54, 1.807) is 4.90 Å². The predicted molar refractivity (Wildman–Crippen MR) is 126 cm³/mol. The molecule has 1 rings (SSSR count). The molecule has 1 atom stereocenters. The zero-order valence-corrected chi connectivity index (χ0v) is 21.2. The van der Waals surface area contributed by atoms with Crippen LogP contribution in [0.1, 0.15) is 80.6 Å². The van der Waals surface area contributed by atoms with Gasteiger partial charge in [0.25, 0.3) is 0 Å². The maximum Gasteiger partial charge on any atom is 0.223 e. The first-order valence-electron chi connectivity index (χ1n) is 11.9. The second kappa shape index (κ2) is 14.8. The smallest absolute Gasteiger partial charge is 0.223 e. The van der Waals surface area contributed by atoms with Gasteiger partial charge in [0, 0.05) is 38.1 Å². The molecule has 0 aromatic heterocycles. The van der Waals surface area contributed by atoms with E-state index in [0.717, 1.165) is 45.3 Å². The first-order chi connectivity index (χ1) is 14.0. The minimum Gasteiger partial charge on any atom is -0.378 e. The lowest BCUT2D eigenvalue weighted by Gasteiger charge is -2.32. The molecule has 0 aromatic carbocycles. The zero-order chi connectivity index (χ0) is 23.3. The molecule has 6 nitrogen and oxygen atoms in total. The fraction of sp³-hybridized carbons (Fsp3) is 0.917. The van der Waals surface area contributed by atoms with Crippen molar-refractivity contribution < 1.29 is 14.3 Å². The van der Waals surface area contributed by atoms with Crippen LogP contribution < -0.4 is 5.32 Å². The highest BCUT2D eigenvalue weighted by molar-refractivity contribution is 5.79. The standard InChI is InChI=1S/C22H43N3O3.C2H6/c1-17(2)16-25(7)20(26)9-8-18(3)28-15-12-22(4,5)23-21(27)19-10-13-24(6)14-11-19;1-2/h17-19H,8-16H2,1-7H3,(H,23,27);1-2H3. The van der Waals surface area contributed by atoms with Crippen molar-refractivity contribution in [1.82, 2.24) is 15.1 Å². The molecule has 0 aromatic rings. The summed E-state index contributed by atoms with van der Waals surface area (Å²) in [6.07, 6.45) is 3.91. The number of rotatable bonds is 11. The molecule has 30 heavy (non-hydrogen) atoms. The van der Waals surface area contributed by atoms with E-state index in [1.165, 1.54) is 0 Å². The Bertz CT molecular complexity index is 486. The van der Waals surface area contributed by atoms with Crippen molar-refractivity contribution in [2.75, 3.05) is 40.3 Å². The molecule has 1 N–H and O–H groups in total. The molecule has 0 bridgehead atoms. The summed E-state index contributed by atoms with van der Waals surface area (Å²) in [5.41, 5.74) is -0.284. The van der Waals surface area contributed by atoms with Crippen LogP contribution in [0.25, 0.3) is 0 Å². The first kappa shape index (κ1) is 28.9. The number of nitrogens with zero attached hydrogens (tertiary/aromatic N) is 2. The first-order valence-corrected chi connectivity index (χ1v) is 11.9. The van der Waals surface area contributed by atoms with Crippen LogP contribution in [0, 0.1) is 11.8 Å². The van der Waals surface area contributed by atoms with Crippen molar-refractivity contribution in [3.8, 4) is 0 Å². The number of ether oxygens (including phenoxy) is 1. The van der Waals surface area contributed by atoms with Gasteiger partial charge in [-0.1, -0.05) is 27.7 Å². The quantitative estimate of drug-likeness (QED) is 0.542. The van der Waals surface area contributed by atoms with Crippen molar-refractivity contribution >= 4 is 11.8 Å². The van der Waals surface area contributed by atoms with Crippen LogP contribution in [0.3, 0.4) is 0 Å². The Morgan fingerprint density at radius 2 is 1.73 bits per heavy atom. The summed E-state index contributed by atoms with van der Waals surface area (Å²) in [5, 5.41) is 3.20. The molecule has 1 aliphatic rings. The van der Waals surface area contributed by atoms with Gasteiger partial charge in [0.2, 0.25) is 11.8 Å². The number of hydrogen-bond acceptors (Lipinski definition) is 4. The van der Waals surface area contributed by atoms with E-state index in [1.807, 2.05) is 27.8 Å². The Morgan fingerprint density at radius 3 is 2.27 bits per heavy atom. The molecule has 6 heteroatoms. The second-order valence-electron chi connectivity index (χ2n) is 9.59. The van der Waals surface area contributed by atoms with E-state index in [4.69, 9.17) is 4.74 Å². The topological polar surface area (TPSA) is 61.9 Å². The van der Waals surface area contributed by atoms with Gasteiger partial charge in [-0.15, -0.1) is 0 Å². The number of hydrogen-bond donors (Lipinski definition) is 1. The van der Waals surface area contributed by atoms with Crippen LogP contribution in [-0.4, -0.2) is 73.6 Å². The highest BCUT2D eigenvalue weighted by atomic mass is 16.5. The number of likely N-dealkylation sites (tertiary alicyclic amines) is 1. The molecule has 0 aliphatic carbocycles. The van der Waals surface area contributed by atoms with Crippen molar-refractivity contribution in [2.24, 2.45) is 11.8 Å². The van der Waals surface area contributed by atoms with Gasteiger partial charge in [-0.2, -0.15) is 0 Å². The molecule has 1 aliphatic heterocycles. The lowest BCUT2D eigenvalue weighted by Crippen LogP contribution is -2.48. The van der Waals surface area contributed by atoms with Crippen molar-refractivity contribution in [2.45, 2.75) is 92.2 Å². The van der Waals surface area contributed by atoms with E-state index >= 15 is 0 Å². The maximum absolute atomic E-state index is 12.5. The largest absolute Gasteiger partial charge is 0.378 e. The minimum atomic E-state index is -0.284.